The third kappa shape index (κ3) is 10.7. The Kier molecular flexibility index (Phi) is 19.2. The average Bonchev–Trinajstić information content (AvgIpc) is 3.13. The highest BCUT2D eigenvalue weighted by atomic mass is 16.3. The molecule has 0 atom stereocenters. The topological polar surface area (TPSA) is 137 Å². The molecule has 0 spiro atoms. The van der Waals surface area contributed by atoms with Crippen molar-refractivity contribution < 1.29 is 9.59 Å². The number of anilines is 1. The van der Waals surface area contributed by atoms with E-state index in [2.05, 4.69) is 49.7 Å². The van der Waals surface area contributed by atoms with Gasteiger partial charge in [0.15, 0.2) is 0 Å². The van der Waals surface area contributed by atoms with Gasteiger partial charge in [-0.25, -0.2) is 4.68 Å². The van der Waals surface area contributed by atoms with Crippen LogP contribution in [0.1, 0.15) is 37.9 Å². The molecule has 0 unspecified atom stereocenters. The Morgan fingerprint density at radius 3 is 2.16 bits per heavy atom. The average molecular weight is 447 g/mol. The van der Waals surface area contributed by atoms with Gasteiger partial charge in [-0.3, -0.25) is 0 Å². The van der Waals surface area contributed by atoms with Crippen LogP contribution in [-0.2, 0) is 9.59 Å². The molecule has 2 heterocycles. The molecule has 0 radical (unpaired) electrons. The van der Waals surface area contributed by atoms with E-state index in [-0.39, 0.29) is 6.54 Å². The first-order chi connectivity index (χ1) is 15.5. The first-order valence-corrected chi connectivity index (χ1v) is 10.4. The molecular weight excluding hydrogens is 408 g/mol. The van der Waals surface area contributed by atoms with Crippen molar-refractivity contribution in [3.05, 3.63) is 52.6 Å². The van der Waals surface area contributed by atoms with Gasteiger partial charge in [0.1, 0.15) is 25.4 Å². The highest BCUT2D eigenvalue weighted by molar-refractivity contribution is 5.70. The molecule has 0 bridgehead atoms. The molecule has 3 rings (SSSR count). The fraction of sp³-hybridized carbons (Fsp3) is 0.435. The lowest BCUT2D eigenvalue weighted by Gasteiger charge is -2.21. The number of nitrogens with two attached hydrogens (primary N) is 2. The summed E-state index contributed by atoms with van der Waals surface area (Å²) in [6, 6.07) is 10.0. The zero-order valence-electron chi connectivity index (χ0n) is 20.0. The maximum atomic E-state index is 9.11. The van der Waals surface area contributed by atoms with Crippen molar-refractivity contribution in [2.45, 2.75) is 33.6 Å². The lowest BCUT2D eigenvalue weighted by Crippen LogP contribution is -2.23. The van der Waals surface area contributed by atoms with Crippen LogP contribution in [0.2, 0.25) is 0 Å². The molecule has 1 aromatic carbocycles. The third-order valence-electron chi connectivity index (χ3n) is 4.03. The Hall–Kier alpha value is -3.17. The first-order valence-electron chi connectivity index (χ1n) is 10.4. The Morgan fingerprint density at radius 1 is 1.19 bits per heavy atom. The van der Waals surface area contributed by atoms with Gasteiger partial charge in [-0.2, -0.15) is 10.0 Å². The van der Waals surface area contributed by atoms with E-state index >= 15 is 0 Å². The molecule has 9 heteroatoms. The summed E-state index contributed by atoms with van der Waals surface area (Å²) in [6.07, 6.45) is 4.99. The van der Waals surface area contributed by atoms with E-state index in [1.165, 1.54) is 19.0 Å². The van der Waals surface area contributed by atoms with Crippen LogP contribution in [0.5, 0.6) is 0 Å². The van der Waals surface area contributed by atoms with Crippen molar-refractivity contribution in [3.63, 3.8) is 0 Å². The van der Waals surface area contributed by atoms with Gasteiger partial charge in [0.2, 0.25) is 0 Å². The van der Waals surface area contributed by atoms with Gasteiger partial charge < -0.3 is 26.0 Å². The van der Waals surface area contributed by atoms with Gasteiger partial charge >= 0.3 is 0 Å². The number of carbonyl (C=O) groups excluding carboxylic acids is 2. The molecule has 0 amide bonds. The summed E-state index contributed by atoms with van der Waals surface area (Å²) >= 11 is 0. The molecule has 2 aromatic rings. The molecule has 4 N–H and O–H groups in total. The van der Waals surface area contributed by atoms with Crippen LogP contribution >= 0.6 is 0 Å². The molecule has 9 nitrogen and oxygen atoms in total. The number of para-hydroxylation sites is 1. The standard InChI is InChI=1S/C16H20N4.C3H8.C2H3NO2.CH5N.CH2O/c1-12-15(13-8-10-19(2)11-9-13)18-20(16(12)17)14-6-4-3-5-7-14;1-3-2;4-2-1-3-5;2*1-2/h3-8H,9-11,17H2,1-2H3;3H2,1-2H3;2H,1H2;2H2,1H3;1H2. The van der Waals surface area contributed by atoms with E-state index < -0.39 is 0 Å². The quantitative estimate of drug-likeness (QED) is 0.543. The van der Waals surface area contributed by atoms with Gasteiger partial charge in [-0.15, -0.1) is 0 Å². The fourth-order valence-corrected chi connectivity index (χ4v) is 2.60. The molecule has 0 saturated carbocycles. The monoisotopic (exact) mass is 446 g/mol. The maximum absolute atomic E-state index is 9.11. The minimum absolute atomic E-state index is 0.222. The summed E-state index contributed by atoms with van der Waals surface area (Å²) in [5.41, 5.74) is 15.2. The lowest BCUT2D eigenvalue weighted by molar-refractivity contribution is -0.106. The van der Waals surface area contributed by atoms with Gasteiger partial charge in [0.25, 0.3) is 0 Å². The number of rotatable bonds is 4. The van der Waals surface area contributed by atoms with E-state index in [1.54, 1.807) is 0 Å². The predicted octanol–water partition coefficient (Wildman–Crippen LogP) is 3.24. The number of nitrogens with zero attached hydrogens (tertiary/aromatic N) is 4. The van der Waals surface area contributed by atoms with E-state index in [9.17, 15) is 0 Å². The molecule has 0 fully saturated rings. The molecule has 1 aromatic heterocycles. The molecule has 178 valence electrons. The van der Waals surface area contributed by atoms with Crippen molar-refractivity contribution in [2.75, 3.05) is 39.5 Å². The SMILES string of the molecule is C=O.CCC.CN.Cc1c(C2=CCN(C)CC2)nn(-c2ccccc2)c1N.O=CCN=O. The van der Waals surface area contributed by atoms with Crippen LogP contribution in [-0.4, -0.2) is 61.5 Å². The minimum Gasteiger partial charge on any atom is -0.383 e. The first kappa shape index (κ1) is 31.0. The summed E-state index contributed by atoms with van der Waals surface area (Å²) in [7, 11) is 3.64. The van der Waals surface area contributed by atoms with Crippen molar-refractivity contribution in [1.29, 1.82) is 0 Å². The van der Waals surface area contributed by atoms with Crippen LogP contribution < -0.4 is 11.5 Å². The van der Waals surface area contributed by atoms with Crippen LogP contribution in [0.4, 0.5) is 5.82 Å². The van der Waals surface area contributed by atoms with Gasteiger partial charge in [-0.05, 0) is 45.1 Å². The molecule has 1 aliphatic heterocycles. The van der Waals surface area contributed by atoms with Crippen molar-refractivity contribution >= 4 is 24.5 Å². The number of hydrogen-bond donors (Lipinski definition) is 2. The minimum atomic E-state index is -0.222. The largest absolute Gasteiger partial charge is 0.383 e. The van der Waals surface area contributed by atoms with E-state index in [1.807, 2.05) is 41.8 Å². The highest BCUT2D eigenvalue weighted by Crippen LogP contribution is 2.28. The maximum Gasteiger partial charge on any atom is 0.145 e. The summed E-state index contributed by atoms with van der Waals surface area (Å²) in [5.74, 6) is 0.728. The van der Waals surface area contributed by atoms with Crippen molar-refractivity contribution in [2.24, 2.45) is 10.9 Å². The Balaban J connectivity index is 0. The predicted molar refractivity (Wildman–Crippen MR) is 133 cm³/mol. The summed E-state index contributed by atoms with van der Waals surface area (Å²) in [5, 5.41) is 6.97. The molecule has 32 heavy (non-hydrogen) atoms. The number of aromatic nitrogens is 2. The number of likely N-dealkylation sites (N-methyl/N-ethyl adjacent to an activating group) is 1. The molecule has 1 aliphatic rings. The van der Waals surface area contributed by atoms with E-state index in [0.29, 0.717) is 6.29 Å². The third-order valence-corrected chi connectivity index (χ3v) is 4.03. The van der Waals surface area contributed by atoms with Crippen molar-refractivity contribution in [1.82, 2.24) is 14.7 Å². The second-order valence-corrected chi connectivity index (χ2v) is 6.53. The van der Waals surface area contributed by atoms with Crippen molar-refractivity contribution in [3.8, 4) is 5.69 Å². The Morgan fingerprint density at radius 2 is 1.75 bits per heavy atom. The number of nitrogen functional groups attached to an aromatic ring is 1. The van der Waals surface area contributed by atoms with Gasteiger partial charge in [0.05, 0.1) is 11.4 Å². The van der Waals surface area contributed by atoms with Crippen LogP contribution in [0.25, 0.3) is 11.3 Å². The summed E-state index contributed by atoms with van der Waals surface area (Å²) < 4.78 is 1.84. The zero-order chi connectivity index (χ0) is 24.9. The number of hydrogen-bond acceptors (Lipinski definition) is 8. The number of carbonyl (C=O) groups is 2. The normalized spacial score (nSPS) is 12.0. The molecule has 0 saturated heterocycles. The van der Waals surface area contributed by atoms with Crippen LogP contribution in [0.15, 0.2) is 41.6 Å². The van der Waals surface area contributed by atoms with Gasteiger partial charge in [-0.1, -0.05) is 49.7 Å². The lowest BCUT2D eigenvalue weighted by atomic mass is 10.0. The second-order valence-electron chi connectivity index (χ2n) is 6.53. The molecular formula is C23H38N6O3. The fourth-order valence-electron chi connectivity index (χ4n) is 2.60. The number of nitroso groups, excluding NO2 is 1. The van der Waals surface area contributed by atoms with E-state index in [0.717, 1.165) is 42.3 Å². The second kappa shape index (κ2) is 19.8. The number of benzene rings is 1. The molecule has 0 aliphatic carbocycles. The zero-order valence-corrected chi connectivity index (χ0v) is 20.0. The smallest absolute Gasteiger partial charge is 0.145 e. The van der Waals surface area contributed by atoms with Crippen LogP contribution in [0, 0.1) is 11.8 Å². The van der Waals surface area contributed by atoms with Crippen LogP contribution in [0.3, 0.4) is 0 Å². The van der Waals surface area contributed by atoms with E-state index in [4.69, 9.17) is 25.3 Å². The van der Waals surface area contributed by atoms with Gasteiger partial charge in [0, 0.05) is 18.7 Å². The summed E-state index contributed by atoms with van der Waals surface area (Å²) in [6.45, 7) is 10.1. The number of aldehydes is 1. The Bertz CT molecular complexity index is 785. The Labute approximate surface area is 191 Å². The highest BCUT2D eigenvalue weighted by Gasteiger charge is 2.18. The summed E-state index contributed by atoms with van der Waals surface area (Å²) in [4.78, 5) is 28.3.